The number of anilines is 1. The Balaban J connectivity index is 1.22. The number of hydrogen-bond acceptors (Lipinski definition) is 4. The third-order valence-corrected chi connectivity index (χ3v) is 6.18. The van der Waals surface area contributed by atoms with E-state index in [1.807, 2.05) is 54.6 Å². The van der Waals surface area contributed by atoms with Crippen molar-refractivity contribution in [3.05, 3.63) is 78.1 Å². The van der Waals surface area contributed by atoms with Crippen LogP contribution in [-0.4, -0.2) is 20.4 Å². The van der Waals surface area contributed by atoms with Gasteiger partial charge in [-0.15, -0.1) is 0 Å². The van der Waals surface area contributed by atoms with Crippen LogP contribution in [0.2, 0.25) is 0 Å². The lowest BCUT2D eigenvalue weighted by Gasteiger charge is -2.11. The minimum Gasteiger partial charge on any atom is -0.440 e. The molecule has 4 aromatic rings. The second-order valence-corrected chi connectivity index (χ2v) is 8.60. The summed E-state index contributed by atoms with van der Waals surface area (Å²) >= 11 is 0. The molecule has 3 heterocycles. The highest BCUT2D eigenvalue weighted by molar-refractivity contribution is 6.04. The number of imidazole rings is 1. The van der Waals surface area contributed by atoms with E-state index in [1.54, 1.807) is 0 Å². The number of rotatable bonds is 5. The molecular weight excluding hydrogens is 400 g/mol. The van der Waals surface area contributed by atoms with E-state index in [4.69, 9.17) is 9.40 Å². The monoisotopic (exact) mass is 424 g/mol. The van der Waals surface area contributed by atoms with Gasteiger partial charge in [0.2, 0.25) is 5.89 Å². The van der Waals surface area contributed by atoms with Crippen molar-refractivity contribution in [3.63, 3.8) is 0 Å². The summed E-state index contributed by atoms with van der Waals surface area (Å²) in [6.07, 6.45) is 7.66. The molecule has 0 radical (unpaired) electrons. The third-order valence-electron chi connectivity index (χ3n) is 6.18. The van der Waals surface area contributed by atoms with Crippen molar-refractivity contribution in [1.29, 1.82) is 0 Å². The summed E-state index contributed by atoms with van der Waals surface area (Å²) in [6.45, 7) is 1.04. The molecule has 2 aromatic heterocycles. The summed E-state index contributed by atoms with van der Waals surface area (Å²) in [4.78, 5) is 22.4. The van der Waals surface area contributed by atoms with E-state index in [0.29, 0.717) is 17.3 Å². The normalized spacial score (nSPS) is 15.4. The number of carbonyl (C=O) groups excluding carboxylic acids is 1. The third kappa shape index (κ3) is 3.62. The zero-order valence-corrected chi connectivity index (χ0v) is 17.8. The predicted molar refractivity (Wildman–Crippen MR) is 122 cm³/mol. The van der Waals surface area contributed by atoms with Gasteiger partial charge in [0.25, 0.3) is 5.91 Å². The standard InChI is InChI=1S/C26H24N4O2/c31-25(23-24(18-9-10-18)32-26(29-23)19-6-2-1-3-7-19)27-20-13-11-17(12-14-20)21-16-30-15-5-4-8-22(30)28-21/h1-3,6-7,11-14,16,18H,4-5,8-10,15H2,(H,27,31). The van der Waals surface area contributed by atoms with Gasteiger partial charge in [-0.25, -0.2) is 9.97 Å². The number of nitrogens with zero attached hydrogens (tertiary/aromatic N) is 3. The first-order valence-electron chi connectivity index (χ1n) is 11.3. The molecule has 0 bridgehead atoms. The van der Waals surface area contributed by atoms with Crippen molar-refractivity contribution >= 4 is 11.6 Å². The molecule has 1 fully saturated rings. The Hall–Kier alpha value is -3.67. The first-order chi connectivity index (χ1) is 15.7. The van der Waals surface area contributed by atoms with Crippen molar-refractivity contribution in [2.24, 2.45) is 0 Å². The van der Waals surface area contributed by atoms with Crippen LogP contribution in [0.5, 0.6) is 0 Å². The fourth-order valence-corrected chi connectivity index (χ4v) is 4.29. The Bertz CT molecular complexity index is 1240. The zero-order chi connectivity index (χ0) is 21.5. The Labute approximate surface area is 186 Å². The predicted octanol–water partition coefficient (Wildman–Crippen LogP) is 5.67. The number of aromatic nitrogens is 3. The Morgan fingerprint density at radius 3 is 2.53 bits per heavy atom. The van der Waals surface area contributed by atoms with E-state index < -0.39 is 0 Å². The highest BCUT2D eigenvalue weighted by atomic mass is 16.4. The van der Waals surface area contributed by atoms with Gasteiger partial charge < -0.3 is 14.3 Å². The minimum absolute atomic E-state index is 0.233. The molecule has 1 saturated carbocycles. The molecule has 32 heavy (non-hydrogen) atoms. The first-order valence-corrected chi connectivity index (χ1v) is 11.3. The molecule has 160 valence electrons. The Kier molecular flexibility index (Phi) is 4.63. The molecule has 1 aliphatic heterocycles. The van der Waals surface area contributed by atoms with Crippen molar-refractivity contribution in [3.8, 4) is 22.7 Å². The Morgan fingerprint density at radius 2 is 1.78 bits per heavy atom. The molecule has 6 nitrogen and oxygen atoms in total. The molecule has 6 heteroatoms. The van der Waals surface area contributed by atoms with E-state index in [0.717, 1.165) is 54.1 Å². The number of amides is 1. The van der Waals surface area contributed by atoms with Gasteiger partial charge in [0.05, 0.1) is 5.69 Å². The summed E-state index contributed by atoms with van der Waals surface area (Å²) < 4.78 is 8.27. The van der Waals surface area contributed by atoms with Gasteiger partial charge in [-0.2, -0.15) is 0 Å². The molecule has 2 aliphatic rings. The van der Waals surface area contributed by atoms with Crippen LogP contribution in [0.3, 0.4) is 0 Å². The molecule has 0 saturated heterocycles. The van der Waals surface area contributed by atoms with Gasteiger partial charge in [-0.3, -0.25) is 4.79 Å². The number of benzene rings is 2. The minimum atomic E-state index is -0.233. The summed E-state index contributed by atoms with van der Waals surface area (Å²) in [7, 11) is 0. The number of nitrogens with one attached hydrogen (secondary N) is 1. The molecule has 1 aliphatic carbocycles. The lowest BCUT2D eigenvalue weighted by atomic mass is 10.1. The Morgan fingerprint density at radius 1 is 0.969 bits per heavy atom. The van der Waals surface area contributed by atoms with Gasteiger partial charge in [-0.05, 0) is 49.9 Å². The summed E-state index contributed by atoms with van der Waals surface area (Å²) in [6, 6.07) is 17.6. The van der Waals surface area contributed by atoms with E-state index in [9.17, 15) is 4.79 Å². The SMILES string of the molecule is O=C(Nc1ccc(-c2cn3c(n2)CCCC3)cc1)c1nc(-c2ccccc2)oc1C1CC1. The maximum Gasteiger partial charge on any atom is 0.277 e. The van der Waals surface area contributed by atoms with Crippen molar-refractivity contribution in [1.82, 2.24) is 14.5 Å². The fraction of sp³-hybridized carbons (Fsp3) is 0.269. The summed E-state index contributed by atoms with van der Waals surface area (Å²) in [5, 5.41) is 2.99. The number of carbonyl (C=O) groups is 1. The molecule has 0 atom stereocenters. The van der Waals surface area contributed by atoms with Crippen molar-refractivity contribution in [2.45, 2.75) is 44.6 Å². The molecule has 1 amide bonds. The van der Waals surface area contributed by atoms with Crippen molar-refractivity contribution in [2.75, 3.05) is 5.32 Å². The second kappa shape index (κ2) is 7.79. The first kappa shape index (κ1) is 19.0. The number of fused-ring (bicyclic) bond motifs is 1. The lowest BCUT2D eigenvalue weighted by Crippen LogP contribution is -2.14. The van der Waals surface area contributed by atoms with Crippen LogP contribution in [-0.2, 0) is 13.0 Å². The highest BCUT2D eigenvalue weighted by Crippen LogP contribution is 2.43. The van der Waals surface area contributed by atoms with E-state index >= 15 is 0 Å². The highest BCUT2D eigenvalue weighted by Gasteiger charge is 2.34. The van der Waals surface area contributed by atoms with Crippen molar-refractivity contribution < 1.29 is 9.21 Å². The fourth-order valence-electron chi connectivity index (χ4n) is 4.29. The van der Waals surface area contributed by atoms with Crippen LogP contribution < -0.4 is 5.32 Å². The smallest absolute Gasteiger partial charge is 0.277 e. The van der Waals surface area contributed by atoms with Crippen LogP contribution in [0.1, 0.15) is 53.7 Å². The van der Waals surface area contributed by atoms with E-state index in [-0.39, 0.29) is 11.8 Å². The molecule has 1 N–H and O–H groups in total. The van der Waals surface area contributed by atoms with Crippen LogP contribution in [0.15, 0.2) is 65.2 Å². The lowest BCUT2D eigenvalue weighted by molar-refractivity contribution is 0.102. The van der Waals surface area contributed by atoms with E-state index in [1.165, 1.54) is 12.8 Å². The second-order valence-electron chi connectivity index (χ2n) is 8.60. The van der Waals surface area contributed by atoms with Gasteiger partial charge in [0, 0.05) is 41.9 Å². The van der Waals surface area contributed by atoms with Gasteiger partial charge in [0.15, 0.2) is 5.69 Å². The van der Waals surface area contributed by atoms with Crippen LogP contribution in [0, 0.1) is 0 Å². The van der Waals surface area contributed by atoms with E-state index in [2.05, 4.69) is 21.1 Å². The topological polar surface area (TPSA) is 73.0 Å². The quantitative estimate of drug-likeness (QED) is 0.448. The molecule has 2 aromatic carbocycles. The van der Waals surface area contributed by atoms with Crippen LogP contribution in [0.25, 0.3) is 22.7 Å². The van der Waals surface area contributed by atoms with Crippen LogP contribution >= 0.6 is 0 Å². The number of hydrogen-bond donors (Lipinski definition) is 1. The molecule has 6 rings (SSSR count). The number of aryl methyl sites for hydroxylation is 2. The zero-order valence-electron chi connectivity index (χ0n) is 17.8. The summed E-state index contributed by atoms with van der Waals surface area (Å²) in [5.74, 6) is 2.41. The van der Waals surface area contributed by atoms with Crippen LogP contribution in [0.4, 0.5) is 5.69 Å². The molecule has 0 unspecified atom stereocenters. The number of oxazole rings is 1. The maximum atomic E-state index is 13.1. The maximum absolute atomic E-state index is 13.1. The summed E-state index contributed by atoms with van der Waals surface area (Å²) in [5.41, 5.74) is 4.03. The average Bonchev–Trinajstić information content (AvgIpc) is 3.42. The van der Waals surface area contributed by atoms with Gasteiger partial charge >= 0.3 is 0 Å². The van der Waals surface area contributed by atoms with Gasteiger partial charge in [-0.1, -0.05) is 30.3 Å². The average molecular weight is 425 g/mol. The largest absolute Gasteiger partial charge is 0.440 e. The molecule has 0 spiro atoms. The van der Waals surface area contributed by atoms with Gasteiger partial charge in [0.1, 0.15) is 11.6 Å². The molecular formula is C26H24N4O2.